The van der Waals surface area contributed by atoms with Gasteiger partial charge in [-0.1, -0.05) is 13.8 Å². The fraction of sp³-hybridized carbons (Fsp3) is 0.348. The lowest BCUT2D eigenvalue weighted by Gasteiger charge is -2.29. The van der Waals surface area contributed by atoms with Gasteiger partial charge in [-0.2, -0.15) is 0 Å². The number of aromatic nitrogens is 1. The Hall–Kier alpha value is -3.70. The number of carbonyl (C=O) groups excluding carboxylic acids is 1. The number of benzene rings is 1. The number of aryl methyl sites for hydroxylation is 1. The van der Waals surface area contributed by atoms with E-state index in [1.165, 1.54) is 12.1 Å². The zero-order valence-electron chi connectivity index (χ0n) is 19.8. The second-order valence-corrected chi connectivity index (χ2v) is 7.10. The van der Waals surface area contributed by atoms with Crippen LogP contribution in [0.2, 0.25) is 0 Å². The van der Waals surface area contributed by atoms with Crippen LogP contribution in [0.25, 0.3) is 0 Å². The van der Waals surface area contributed by atoms with Crippen LogP contribution in [0.4, 0.5) is 21.5 Å². The SMILES string of the molecule is CC.CC1=CN(c2cc(NC(=O)c3cc(F)cc(N4CCOCC4)c3)cnc2C)NN1.O=CO. The van der Waals surface area contributed by atoms with Gasteiger partial charge in [0.15, 0.2) is 0 Å². The number of amides is 1. The molecule has 0 saturated carbocycles. The summed E-state index contributed by atoms with van der Waals surface area (Å²) in [4.78, 5) is 27.5. The van der Waals surface area contributed by atoms with Gasteiger partial charge in [-0.05, 0) is 38.1 Å². The highest BCUT2D eigenvalue weighted by atomic mass is 19.1. The Balaban J connectivity index is 0.000000758. The largest absolute Gasteiger partial charge is 0.483 e. The van der Waals surface area contributed by atoms with E-state index in [2.05, 4.69) is 21.3 Å². The molecular formula is C23H31FN6O4. The first-order valence-electron chi connectivity index (χ1n) is 10.9. The Labute approximate surface area is 198 Å². The second kappa shape index (κ2) is 13.1. The number of hydrazine groups is 2. The summed E-state index contributed by atoms with van der Waals surface area (Å²) in [6.07, 6.45) is 3.47. The summed E-state index contributed by atoms with van der Waals surface area (Å²) in [7, 11) is 0. The maximum atomic E-state index is 14.2. The number of pyridine rings is 1. The zero-order chi connectivity index (χ0) is 25.1. The van der Waals surface area contributed by atoms with Crippen LogP contribution in [-0.4, -0.2) is 48.8 Å². The van der Waals surface area contributed by atoms with E-state index in [9.17, 15) is 9.18 Å². The molecule has 2 aliphatic heterocycles. The van der Waals surface area contributed by atoms with E-state index in [1.807, 2.05) is 44.9 Å². The van der Waals surface area contributed by atoms with Crippen LogP contribution in [0.3, 0.4) is 0 Å². The molecule has 1 saturated heterocycles. The van der Waals surface area contributed by atoms with Gasteiger partial charge in [-0.3, -0.25) is 19.6 Å². The van der Waals surface area contributed by atoms with Crippen LogP contribution in [0.5, 0.6) is 0 Å². The lowest BCUT2D eigenvalue weighted by Crippen LogP contribution is -2.36. The number of morpholine rings is 1. The number of halogens is 1. The molecule has 34 heavy (non-hydrogen) atoms. The smallest absolute Gasteiger partial charge is 0.290 e. The number of rotatable bonds is 4. The van der Waals surface area contributed by atoms with Crippen LogP contribution in [0.1, 0.15) is 36.8 Å². The molecule has 0 spiro atoms. The van der Waals surface area contributed by atoms with E-state index in [0.29, 0.717) is 37.7 Å². The van der Waals surface area contributed by atoms with E-state index in [-0.39, 0.29) is 12.0 Å². The summed E-state index contributed by atoms with van der Waals surface area (Å²) in [6, 6.07) is 6.19. The molecule has 1 fully saturated rings. The maximum Gasteiger partial charge on any atom is 0.290 e. The molecule has 1 aromatic carbocycles. The number of hydrogen-bond acceptors (Lipinski definition) is 8. The first-order valence-corrected chi connectivity index (χ1v) is 10.9. The van der Waals surface area contributed by atoms with Crippen LogP contribution in [0, 0.1) is 12.7 Å². The molecule has 2 aliphatic rings. The molecule has 1 aromatic heterocycles. The van der Waals surface area contributed by atoms with Gasteiger partial charge in [0.1, 0.15) is 5.82 Å². The standard InChI is InChI=1S/C20H23FN6O2.C2H6.CH2O2/c1-13-12-27(25-24-13)19-10-17(11-22-14(19)2)23-20(28)15-7-16(21)9-18(8-15)26-3-5-29-6-4-26;1-2;2-1-3/h7-12,24-25H,3-6H2,1-2H3,(H,23,28);1-2H3;1H,(H,2,3). The second-order valence-electron chi connectivity index (χ2n) is 7.10. The number of nitrogens with zero attached hydrogens (tertiary/aromatic N) is 3. The molecule has 0 atom stereocenters. The Kier molecular flexibility index (Phi) is 10.2. The Morgan fingerprint density at radius 1 is 1.21 bits per heavy atom. The number of anilines is 3. The minimum atomic E-state index is -0.449. The first-order chi connectivity index (χ1) is 16.4. The third kappa shape index (κ3) is 7.15. The minimum Gasteiger partial charge on any atom is -0.483 e. The summed E-state index contributed by atoms with van der Waals surface area (Å²) in [5.41, 5.74) is 9.98. The van der Waals surface area contributed by atoms with Crippen molar-refractivity contribution in [1.82, 2.24) is 15.9 Å². The number of hydrogen-bond donors (Lipinski definition) is 4. The summed E-state index contributed by atoms with van der Waals surface area (Å²) < 4.78 is 19.5. The number of carboxylic acid groups (broad SMARTS) is 1. The van der Waals surface area contributed by atoms with E-state index in [4.69, 9.17) is 14.6 Å². The molecule has 0 bridgehead atoms. The van der Waals surface area contributed by atoms with Crippen molar-refractivity contribution in [2.24, 2.45) is 0 Å². The molecule has 4 rings (SSSR count). The van der Waals surface area contributed by atoms with Gasteiger partial charge in [0.25, 0.3) is 12.4 Å². The topological polar surface area (TPSA) is 119 Å². The van der Waals surface area contributed by atoms with Crippen LogP contribution in [0.15, 0.2) is 42.4 Å². The highest BCUT2D eigenvalue weighted by Gasteiger charge is 2.17. The predicted molar refractivity (Wildman–Crippen MR) is 129 cm³/mol. The van der Waals surface area contributed by atoms with Crippen molar-refractivity contribution in [3.63, 3.8) is 0 Å². The van der Waals surface area contributed by atoms with Gasteiger partial charge in [0.05, 0.1) is 36.5 Å². The normalized spacial score (nSPS) is 14.6. The quantitative estimate of drug-likeness (QED) is 0.496. The predicted octanol–water partition coefficient (Wildman–Crippen LogP) is 3.04. The number of nitrogens with one attached hydrogen (secondary N) is 3. The van der Waals surface area contributed by atoms with Crippen molar-refractivity contribution >= 4 is 29.4 Å². The Bertz CT molecular complexity index is 1010. The third-order valence-corrected chi connectivity index (χ3v) is 4.79. The summed E-state index contributed by atoms with van der Waals surface area (Å²) in [5, 5.41) is 11.5. The average molecular weight is 475 g/mol. The van der Waals surface area contributed by atoms with E-state index >= 15 is 0 Å². The van der Waals surface area contributed by atoms with E-state index in [1.54, 1.807) is 17.3 Å². The molecule has 0 aliphatic carbocycles. The van der Waals surface area contributed by atoms with Crippen LogP contribution >= 0.6 is 0 Å². The molecule has 2 aromatic rings. The Morgan fingerprint density at radius 2 is 1.88 bits per heavy atom. The first kappa shape index (κ1) is 26.6. The number of allylic oxidation sites excluding steroid dienone is 1. The molecule has 0 radical (unpaired) electrons. The highest BCUT2D eigenvalue weighted by Crippen LogP contribution is 2.24. The van der Waals surface area contributed by atoms with E-state index < -0.39 is 11.7 Å². The van der Waals surface area contributed by atoms with Gasteiger partial charge >= 0.3 is 0 Å². The van der Waals surface area contributed by atoms with Crippen LogP contribution < -0.4 is 26.2 Å². The van der Waals surface area contributed by atoms with Crippen LogP contribution in [-0.2, 0) is 9.53 Å². The summed E-state index contributed by atoms with van der Waals surface area (Å²) in [5.74, 6) is -0.843. The zero-order valence-corrected chi connectivity index (χ0v) is 19.8. The van der Waals surface area contributed by atoms with E-state index in [0.717, 1.165) is 17.1 Å². The van der Waals surface area contributed by atoms with Crippen molar-refractivity contribution in [2.75, 3.05) is 41.5 Å². The molecule has 184 valence electrons. The van der Waals surface area contributed by atoms with Gasteiger partial charge in [0.2, 0.25) is 0 Å². The highest BCUT2D eigenvalue weighted by molar-refractivity contribution is 6.05. The maximum absolute atomic E-state index is 14.2. The molecule has 11 heteroatoms. The lowest BCUT2D eigenvalue weighted by molar-refractivity contribution is -0.122. The molecule has 4 N–H and O–H groups in total. The Morgan fingerprint density at radius 3 is 2.50 bits per heavy atom. The fourth-order valence-corrected chi connectivity index (χ4v) is 3.28. The molecule has 1 amide bonds. The van der Waals surface area contributed by atoms with Crippen molar-refractivity contribution in [2.45, 2.75) is 27.7 Å². The van der Waals surface area contributed by atoms with Gasteiger partial charge in [-0.25, -0.2) is 4.39 Å². The van der Waals surface area contributed by atoms with Gasteiger partial charge < -0.3 is 25.5 Å². The summed E-state index contributed by atoms with van der Waals surface area (Å²) >= 11 is 0. The molecule has 3 heterocycles. The fourth-order valence-electron chi connectivity index (χ4n) is 3.28. The van der Waals surface area contributed by atoms with Gasteiger partial charge in [-0.15, -0.1) is 5.53 Å². The molecule has 0 unspecified atom stereocenters. The van der Waals surface area contributed by atoms with Crippen molar-refractivity contribution in [3.8, 4) is 0 Å². The lowest BCUT2D eigenvalue weighted by atomic mass is 10.1. The average Bonchev–Trinajstić information content (AvgIpc) is 3.28. The van der Waals surface area contributed by atoms with Crippen molar-refractivity contribution in [1.29, 1.82) is 0 Å². The number of ether oxygens (including phenoxy) is 1. The van der Waals surface area contributed by atoms with Crippen molar-refractivity contribution < 1.29 is 23.8 Å². The molecule has 10 nitrogen and oxygen atoms in total. The number of carbonyl (C=O) groups is 2. The minimum absolute atomic E-state index is 0.250. The van der Waals surface area contributed by atoms with Crippen molar-refractivity contribution in [3.05, 3.63) is 59.4 Å². The molecular weight excluding hydrogens is 443 g/mol. The monoisotopic (exact) mass is 474 g/mol. The summed E-state index contributed by atoms with van der Waals surface area (Å²) in [6.45, 7) is 10.1. The van der Waals surface area contributed by atoms with Gasteiger partial charge in [0, 0.05) is 36.2 Å². The third-order valence-electron chi connectivity index (χ3n) is 4.79.